The lowest BCUT2D eigenvalue weighted by Gasteiger charge is -2.00. The van der Waals surface area contributed by atoms with Gasteiger partial charge in [0, 0.05) is 5.57 Å². The highest BCUT2D eigenvalue weighted by molar-refractivity contribution is 5.86. The van der Waals surface area contributed by atoms with Crippen molar-refractivity contribution in [1.82, 2.24) is 0 Å². The Morgan fingerprint density at radius 1 is 1.12 bits per heavy atom. The third-order valence-electron chi connectivity index (χ3n) is 2.55. The van der Waals surface area contributed by atoms with Crippen LogP contribution in [0.3, 0.4) is 0 Å². The topological polar surface area (TPSA) is 26.3 Å². The van der Waals surface area contributed by atoms with Crippen LogP contribution in [-0.4, -0.2) is 12.6 Å². The molecule has 0 radical (unpaired) electrons. The highest BCUT2D eigenvalue weighted by Gasteiger charge is 1.99. The molecule has 98 valence electrons. The van der Waals surface area contributed by atoms with E-state index in [9.17, 15) is 4.79 Å². The Balaban J connectivity index is 3.26. The summed E-state index contributed by atoms with van der Waals surface area (Å²) in [7, 11) is 0. The molecule has 0 aliphatic carbocycles. The van der Waals surface area contributed by atoms with Crippen LogP contribution >= 0.6 is 0 Å². The van der Waals surface area contributed by atoms with Gasteiger partial charge in [-0.3, -0.25) is 0 Å². The summed E-state index contributed by atoms with van der Waals surface area (Å²) in [6.07, 6.45) is 13.0. The van der Waals surface area contributed by atoms with Crippen LogP contribution in [0.25, 0.3) is 0 Å². The van der Waals surface area contributed by atoms with Gasteiger partial charge >= 0.3 is 5.97 Å². The van der Waals surface area contributed by atoms with Gasteiger partial charge in [0.25, 0.3) is 0 Å². The van der Waals surface area contributed by atoms with Gasteiger partial charge in [-0.15, -0.1) is 0 Å². The maximum absolute atomic E-state index is 11.0. The van der Waals surface area contributed by atoms with Crippen molar-refractivity contribution < 1.29 is 9.53 Å². The molecule has 2 heteroatoms. The van der Waals surface area contributed by atoms with Crippen molar-refractivity contribution in [3.05, 3.63) is 24.3 Å². The summed E-state index contributed by atoms with van der Waals surface area (Å²) in [6.45, 7) is 7.77. The maximum Gasteiger partial charge on any atom is 0.333 e. The Bertz CT molecular complexity index is 241. The molecule has 0 amide bonds. The molecule has 0 rings (SSSR count). The van der Waals surface area contributed by atoms with Gasteiger partial charge in [0.1, 0.15) is 6.61 Å². The van der Waals surface area contributed by atoms with E-state index in [-0.39, 0.29) is 5.97 Å². The third kappa shape index (κ3) is 11.2. The zero-order valence-electron chi connectivity index (χ0n) is 11.3. The van der Waals surface area contributed by atoms with Crippen molar-refractivity contribution in [1.29, 1.82) is 0 Å². The molecule has 0 aliphatic rings. The van der Waals surface area contributed by atoms with E-state index < -0.39 is 0 Å². The Morgan fingerprint density at radius 3 is 2.41 bits per heavy atom. The van der Waals surface area contributed by atoms with Crippen LogP contribution in [-0.2, 0) is 9.53 Å². The van der Waals surface area contributed by atoms with Gasteiger partial charge in [-0.2, -0.15) is 0 Å². The molecule has 2 nitrogen and oxygen atoms in total. The van der Waals surface area contributed by atoms with Gasteiger partial charge in [-0.25, -0.2) is 4.79 Å². The van der Waals surface area contributed by atoms with Crippen molar-refractivity contribution in [3.63, 3.8) is 0 Å². The zero-order chi connectivity index (χ0) is 12.9. The minimum atomic E-state index is -0.311. The number of unbranched alkanes of at least 4 members (excludes halogenated alkanes) is 6. The number of rotatable bonds is 10. The van der Waals surface area contributed by atoms with Gasteiger partial charge in [0.2, 0.25) is 0 Å². The molecule has 0 saturated carbocycles. The van der Waals surface area contributed by atoms with Gasteiger partial charge in [0.05, 0.1) is 0 Å². The summed E-state index contributed by atoms with van der Waals surface area (Å²) in [6, 6.07) is 0. The first kappa shape index (κ1) is 16.0. The number of allylic oxidation sites excluding steroid dienone is 1. The number of hydrogen-bond acceptors (Lipinski definition) is 2. The van der Waals surface area contributed by atoms with E-state index in [1.165, 1.54) is 38.5 Å². The molecular weight excluding hydrogens is 212 g/mol. The molecule has 0 N–H and O–H groups in total. The fourth-order valence-electron chi connectivity index (χ4n) is 1.48. The second-order valence-corrected chi connectivity index (χ2v) is 4.41. The minimum absolute atomic E-state index is 0.311. The molecule has 0 aliphatic heterocycles. The van der Waals surface area contributed by atoms with Crippen LogP contribution in [0.5, 0.6) is 0 Å². The maximum atomic E-state index is 11.0. The van der Waals surface area contributed by atoms with E-state index >= 15 is 0 Å². The Labute approximate surface area is 106 Å². The van der Waals surface area contributed by atoms with Crippen LogP contribution in [0.1, 0.15) is 58.8 Å². The number of carbonyl (C=O) groups excluding carboxylic acids is 1. The Hall–Kier alpha value is -1.05. The van der Waals surface area contributed by atoms with Crippen LogP contribution in [0.2, 0.25) is 0 Å². The smallest absolute Gasteiger partial charge is 0.333 e. The summed E-state index contributed by atoms with van der Waals surface area (Å²) in [5, 5.41) is 0. The Kier molecular flexibility index (Phi) is 10.7. The van der Waals surface area contributed by atoms with Gasteiger partial charge in [0.15, 0.2) is 0 Å². The number of ether oxygens (including phenoxy) is 1. The predicted octanol–water partition coefficient (Wildman–Crippen LogP) is 4.41. The van der Waals surface area contributed by atoms with Crippen molar-refractivity contribution in [2.24, 2.45) is 0 Å². The van der Waals surface area contributed by atoms with E-state index in [0.717, 1.165) is 6.42 Å². The first-order valence-corrected chi connectivity index (χ1v) is 6.66. The van der Waals surface area contributed by atoms with Crippen LogP contribution < -0.4 is 0 Å². The number of hydrogen-bond donors (Lipinski definition) is 0. The van der Waals surface area contributed by atoms with E-state index in [1.807, 2.05) is 6.08 Å². The lowest BCUT2D eigenvalue weighted by atomic mass is 10.1. The first-order valence-electron chi connectivity index (χ1n) is 6.66. The SMILES string of the molecule is C=C(C)C(=O)OC/C=C/CCCCCCCC. The average molecular weight is 238 g/mol. The molecule has 0 spiro atoms. The largest absolute Gasteiger partial charge is 0.458 e. The van der Waals surface area contributed by atoms with Crippen LogP contribution in [0, 0.1) is 0 Å². The minimum Gasteiger partial charge on any atom is -0.458 e. The van der Waals surface area contributed by atoms with E-state index in [0.29, 0.717) is 12.2 Å². The lowest BCUT2D eigenvalue weighted by Crippen LogP contribution is -2.04. The van der Waals surface area contributed by atoms with Gasteiger partial charge < -0.3 is 4.74 Å². The van der Waals surface area contributed by atoms with E-state index in [1.54, 1.807) is 6.92 Å². The summed E-state index contributed by atoms with van der Waals surface area (Å²) >= 11 is 0. The molecule has 17 heavy (non-hydrogen) atoms. The third-order valence-corrected chi connectivity index (χ3v) is 2.55. The summed E-state index contributed by atoms with van der Waals surface area (Å²) in [5.41, 5.74) is 0.453. The second-order valence-electron chi connectivity index (χ2n) is 4.41. The van der Waals surface area contributed by atoms with Gasteiger partial charge in [-0.1, -0.05) is 57.8 Å². The summed E-state index contributed by atoms with van der Waals surface area (Å²) < 4.78 is 4.94. The fourth-order valence-corrected chi connectivity index (χ4v) is 1.48. The molecule has 0 heterocycles. The molecule has 0 aromatic heterocycles. The predicted molar refractivity (Wildman–Crippen MR) is 72.9 cm³/mol. The zero-order valence-corrected chi connectivity index (χ0v) is 11.3. The quantitative estimate of drug-likeness (QED) is 0.244. The summed E-state index contributed by atoms with van der Waals surface area (Å²) in [4.78, 5) is 11.0. The number of esters is 1. The van der Waals surface area contributed by atoms with E-state index in [2.05, 4.69) is 19.6 Å². The lowest BCUT2D eigenvalue weighted by molar-refractivity contribution is -0.137. The van der Waals surface area contributed by atoms with Crippen molar-refractivity contribution in [3.8, 4) is 0 Å². The summed E-state index contributed by atoms with van der Waals surface area (Å²) in [5.74, 6) is -0.311. The van der Waals surface area contributed by atoms with Crippen LogP contribution in [0.4, 0.5) is 0 Å². The molecule has 0 atom stereocenters. The molecule has 0 bridgehead atoms. The molecule has 0 saturated heterocycles. The van der Waals surface area contributed by atoms with Crippen molar-refractivity contribution in [2.45, 2.75) is 58.8 Å². The number of carbonyl (C=O) groups is 1. The average Bonchev–Trinajstić information content (AvgIpc) is 2.31. The standard InChI is InChI=1S/C15H26O2/c1-4-5-6-7-8-9-10-11-12-13-17-15(16)14(2)3/h11-12H,2,4-10,13H2,1,3H3/b12-11+. The fraction of sp³-hybridized carbons (Fsp3) is 0.667. The molecule has 0 fully saturated rings. The highest BCUT2D eigenvalue weighted by Crippen LogP contribution is 2.07. The van der Waals surface area contributed by atoms with Crippen LogP contribution in [0.15, 0.2) is 24.3 Å². The first-order chi connectivity index (χ1) is 8.18. The van der Waals surface area contributed by atoms with Crippen molar-refractivity contribution >= 4 is 5.97 Å². The molecule has 0 unspecified atom stereocenters. The molecule has 0 aromatic carbocycles. The van der Waals surface area contributed by atoms with Crippen molar-refractivity contribution in [2.75, 3.05) is 6.61 Å². The normalized spacial score (nSPS) is 10.7. The van der Waals surface area contributed by atoms with Gasteiger partial charge in [-0.05, 0) is 19.8 Å². The molecule has 0 aromatic rings. The monoisotopic (exact) mass is 238 g/mol. The highest BCUT2D eigenvalue weighted by atomic mass is 16.5. The Morgan fingerprint density at radius 2 is 1.76 bits per heavy atom. The van der Waals surface area contributed by atoms with E-state index in [4.69, 9.17) is 4.74 Å². The second kappa shape index (κ2) is 11.4. The molecular formula is C15H26O2.